The van der Waals surface area contributed by atoms with Crippen molar-refractivity contribution in [3.63, 3.8) is 0 Å². The molecule has 0 amide bonds. The van der Waals surface area contributed by atoms with E-state index in [1.54, 1.807) is 0 Å². The van der Waals surface area contributed by atoms with Crippen molar-refractivity contribution in [2.45, 2.75) is 118 Å². The Morgan fingerprint density at radius 2 is 1.43 bits per heavy atom. The highest BCUT2D eigenvalue weighted by Gasteiger charge is 2.70. The Labute approximate surface area is 243 Å². The minimum atomic E-state index is -3.35. The van der Waals surface area contributed by atoms with Crippen LogP contribution in [0.1, 0.15) is 106 Å². The van der Waals surface area contributed by atoms with Crippen molar-refractivity contribution in [3.8, 4) is 0 Å². The topological polar surface area (TPSA) is 109 Å². The van der Waals surface area contributed by atoms with Crippen molar-refractivity contribution in [1.29, 1.82) is 0 Å². The number of hydrogen-bond acceptors (Lipinski definition) is 5. The smallest absolute Gasteiger partial charge is 0.209 e. The van der Waals surface area contributed by atoms with E-state index in [1.807, 2.05) is 13.0 Å². The van der Waals surface area contributed by atoms with Crippen LogP contribution in [-0.4, -0.2) is 46.7 Å². The minimum Gasteiger partial charge on any atom is -0.295 e. The molecule has 40 heavy (non-hydrogen) atoms. The molecule has 0 aromatic carbocycles. The van der Waals surface area contributed by atoms with Crippen LogP contribution in [-0.2, 0) is 24.8 Å². The molecule has 0 aromatic rings. The first-order valence-corrected chi connectivity index (χ1v) is 19.0. The molecule has 0 saturated heterocycles. The summed E-state index contributed by atoms with van der Waals surface area (Å²) in [6, 6.07) is -0.136. The molecule has 9 heteroatoms. The molecule has 0 unspecified atom stereocenters. The molecule has 228 valence electrons. The molecular formula is C31H52N2O5S2. The molecule has 5 aliphatic carbocycles. The number of hydrogen-bond donors (Lipinski definition) is 2. The van der Waals surface area contributed by atoms with E-state index in [9.17, 15) is 21.6 Å². The van der Waals surface area contributed by atoms with Gasteiger partial charge in [0.2, 0.25) is 20.0 Å². The van der Waals surface area contributed by atoms with Crippen molar-refractivity contribution in [2.75, 3.05) is 12.5 Å². The van der Waals surface area contributed by atoms with E-state index >= 15 is 0 Å². The molecule has 4 saturated carbocycles. The maximum absolute atomic E-state index is 14.5. The minimum absolute atomic E-state index is 0.0615. The molecule has 7 nitrogen and oxygen atoms in total. The molecule has 4 fully saturated rings. The second-order valence-electron chi connectivity index (χ2n) is 16.4. The van der Waals surface area contributed by atoms with Gasteiger partial charge in [0.1, 0.15) is 0 Å². The molecule has 0 radical (unpaired) electrons. The molecule has 5 aliphatic rings. The average molecular weight is 597 g/mol. The zero-order valence-electron chi connectivity index (χ0n) is 26.1. The third-order valence-corrected chi connectivity index (χ3v) is 15.0. The maximum Gasteiger partial charge on any atom is 0.209 e. The van der Waals surface area contributed by atoms with Crippen molar-refractivity contribution in [1.82, 2.24) is 9.44 Å². The van der Waals surface area contributed by atoms with Gasteiger partial charge in [-0.1, -0.05) is 47.1 Å². The number of sulfonamides is 2. The third-order valence-electron chi connectivity index (χ3n) is 13.4. The van der Waals surface area contributed by atoms with E-state index in [-0.39, 0.29) is 56.7 Å². The van der Waals surface area contributed by atoms with Gasteiger partial charge in [-0.25, -0.2) is 26.3 Å². The molecule has 9 atom stereocenters. The largest absolute Gasteiger partial charge is 0.295 e. The standard InChI is InChI=1S/C31H52N2O5S2/c1-26(2)23-10-13-31(7)25(29(23,5)12-11-24(26)32-39(8,35)36)22(34)18-20-21-19-28(4,33-40(9,37)38)16-14-27(21,3)15-17-30(20,31)6/h18,21,23-25,32-33H,10-17,19H2,1-9H3/t21-,23-,24-,25+,27+,28-,29-,30+,31+/m0/s1. The molecule has 0 heterocycles. The van der Waals surface area contributed by atoms with Gasteiger partial charge < -0.3 is 0 Å². The molecule has 5 rings (SSSR count). The lowest BCUT2D eigenvalue weighted by Gasteiger charge is -2.70. The zero-order valence-corrected chi connectivity index (χ0v) is 27.7. The number of rotatable bonds is 4. The van der Waals surface area contributed by atoms with Gasteiger partial charge in [0.05, 0.1) is 12.5 Å². The Kier molecular flexibility index (Phi) is 6.81. The number of ketones is 1. The van der Waals surface area contributed by atoms with Crippen molar-refractivity contribution in [2.24, 2.45) is 44.8 Å². The van der Waals surface area contributed by atoms with Crippen LogP contribution in [0.2, 0.25) is 0 Å². The summed E-state index contributed by atoms with van der Waals surface area (Å²) in [4.78, 5) is 14.5. The second kappa shape index (κ2) is 8.88. The Morgan fingerprint density at radius 3 is 2.02 bits per heavy atom. The highest BCUT2D eigenvalue weighted by Crippen LogP contribution is 2.74. The predicted molar refractivity (Wildman–Crippen MR) is 159 cm³/mol. The monoisotopic (exact) mass is 596 g/mol. The van der Waals surface area contributed by atoms with Gasteiger partial charge in [-0.15, -0.1) is 0 Å². The maximum atomic E-state index is 14.5. The number of nitrogens with one attached hydrogen (secondary N) is 2. The van der Waals surface area contributed by atoms with E-state index in [4.69, 9.17) is 0 Å². The van der Waals surface area contributed by atoms with Crippen LogP contribution < -0.4 is 9.44 Å². The van der Waals surface area contributed by atoms with Gasteiger partial charge in [-0.3, -0.25) is 4.79 Å². The normalized spacial score (nSPS) is 48.7. The lowest BCUT2D eigenvalue weighted by molar-refractivity contribution is -0.187. The number of carbonyl (C=O) groups is 1. The third kappa shape index (κ3) is 4.50. The Bertz CT molecular complexity index is 1360. The van der Waals surface area contributed by atoms with Crippen LogP contribution in [0.15, 0.2) is 11.6 Å². The van der Waals surface area contributed by atoms with Crippen molar-refractivity contribution < 1.29 is 21.6 Å². The van der Waals surface area contributed by atoms with E-state index < -0.39 is 25.6 Å². The van der Waals surface area contributed by atoms with Crippen LogP contribution in [0.25, 0.3) is 0 Å². The lowest BCUT2D eigenvalue weighted by Crippen LogP contribution is -2.68. The van der Waals surface area contributed by atoms with Gasteiger partial charge >= 0.3 is 0 Å². The molecular weight excluding hydrogens is 544 g/mol. The fourth-order valence-corrected chi connectivity index (χ4v) is 13.2. The highest BCUT2D eigenvalue weighted by molar-refractivity contribution is 7.89. The second-order valence-corrected chi connectivity index (χ2v) is 20.0. The molecule has 0 spiro atoms. The number of fused-ring (bicyclic) bond motifs is 7. The van der Waals surface area contributed by atoms with Crippen LogP contribution >= 0.6 is 0 Å². The summed E-state index contributed by atoms with van der Waals surface area (Å²) in [5, 5.41) is 0. The van der Waals surface area contributed by atoms with Crippen LogP contribution in [0, 0.1) is 44.8 Å². The lowest BCUT2D eigenvalue weighted by atomic mass is 9.33. The zero-order chi connectivity index (χ0) is 29.9. The van der Waals surface area contributed by atoms with E-state index in [2.05, 4.69) is 51.0 Å². The van der Waals surface area contributed by atoms with Gasteiger partial charge in [0.15, 0.2) is 5.78 Å². The van der Waals surface area contributed by atoms with Gasteiger partial charge in [0.25, 0.3) is 0 Å². The average Bonchev–Trinajstić information content (AvgIpc) is 2.76. The summed E-state index contributed by atoms with van der Waals surface area (Å²) < 4.78 is 54.9. The summed E-state index contributed by atoms with van der Waals surface area (Å²) in [5.74, 6) is 0.525. The highest BCUT2D eigenvalue weighted by atomic mass is 32.2. The Morgan fingerprint density at radius 1 is 0.800 bits per heavy atom. The SMILES string of the molecule is CC1(C)[C@@H](NS(C)(=O)=O)CC[C@]2(C)[C@H]3C(=O)C=C4[C@@H]5C[C@@](C)(NS(C)(=O)=O)CC[C@]5(C)CC[C@@]4(C)[C@]3(C)CC[C@@H]12. The molecule has 0 aliphatic heterocycles. The quantitative estimate of drug-likeness (QED) is 0.465. The van der Waals surface area contributed by atoms with E-state index in [0.29, 0.717) is 0 Å². The molecule has 0 aromatic heterocycles. The predicted octanol–water partition coefficient (Wildman–Crippen LogP) is 5.19. The first-order chi connectivity index (χ1) is 18.0. The van der Waals surface area contributed by atoms with Gasteiger partial charge in [-0.2, -0.15) is 0 Å². The Hall–Kier alpha value is -0.770. The van der Waals surface area contributed by atoms with Crippen LogP contribution in [0.5, 0.6) is 0 Å². The van der Waals surface area contributed by atoms with Crippen molar-refractivity contribution >= 4 is 25.8 Å². The Balaban J connectivity index is 1.56. The molecule has 0 bridgehead atoms. The van der Waals surface area contributed by atoms with Gasteiger partial charge in [0, 0.05) is 17.5 Å². The van der Waals surface area contributed by atoms with Crippen molar-refractivity contribution in [3.05, 3.63) is 11.6 Å². The number of carbonyl (C=O) groups excluding carboxylic acids is 1. The van der Waals surface area contributed by atoms with E-state index in [0.717, 1.165) is 57.8 Å². The van der Waals surface area contributed by atoms with Crippen LogP contribution in [0.4, 0.5) is 0 Å². The van der Waals surface area contributed by atoms with Crippen LogP contribution in [0.3, 0.4) is 0 Å². The number of allylic oxidation sites excluding steroid dienone is 2. The first kappa shape index (κ1) is 30.7. The fraction of sp³-hybridized carbons (Fsp3) is 0.903. The van der Waals surface area contributed by atoms with E-state index in [1.165, 1.54) is 18.1 Å². The summed E-state index contributed by atoms with van der Waals surface area (Å²) in [7, 11) is -6.69. The summed E-state index contributed by atoms with van der Waals surface area (Å²) >= 11 is 0. The summed E-state index contributed by atoms with van der Waals surface area (Å²) in [6.45, 7) is 15.9. The van der Waals surface area contributed by atoms with Gasteiger partial charge in [-0.05, 0) is 110 Å². The molecule has 2 N–H and O–H groups in total. The summed E-state index contributed by atoms with van der Waals surface area (Å²) in [5.41, 5.74) is -0.0163. The fourth-order valence-electron chi connectivity index (χ4n) is 11.2. The summed E-state index contributed by atoms with van der Waals surface area (Å²) in [6.07, 6.45) is 12.6. The first-order valence-electron chi connectivity index (χ1n) is 15.2.